The molecule has 2 aliphatic carbocycles. The molecule has 2 aliphatic rings. The van der Waals surface area contributed by atoms with Crippen LogP contribution in [0.2, 0.25) is 5.02 Å². The van der Waals surface area contributed by atoms with E-state index in [0.717, 1.165) is 12.8 Å². The minimum absolute atomic E-state index is 0.0280. The van der Waals surface area contributed by atoms with Crippen LogP contribution in [0, 0.1) is 55.4 Å². The number of nitrogens with zero attached hydrogens (tertiary/aromatic N) is 4. The van der Waals surface area contributed by atoms with Gasteiger partial charge in [0.15, 0.2) is 5.41 Å². The summed E-state index contributed by atoms with van der Waals surface area (Å²) in [6, 6.07) is 10.3. The van der Waals surface area contributed by atoms with Gasteiger partial charge in [-0.2, -0.15) is 15.8 Å². The summed E-state index contributed by atoms with van der Waals surface area (Å²) in [5.74, 6) is -1.03. The highest BCUT2D eigenvalue weighted by Crippen LogP contribution is 2.56. The molecule has 27 heavy (non-hydrogen) atoms. The summed E-state index contributed by atoms with van der Waals surface area (Å²) in [6.07, 6.45) is 4.15. The van der Waals surface area contributed by atoms with Gasteiger partial charge in [-0.15, -0.1) is 0 Å². The van der Waals surface area contributed by atoms with Crippen LogP contribution in [-0.2, 0) is 0 Å². The molecule has 0 saturated heterocycles. The summed E-state index contributed by atoms with van der Waals surface area (Å²) in [5.41, 5.74) is 5.30. The van der Waals surface area contributed by atoms with E-state index in [4.69, 9.17) is 17.3 Å². The Hall–Kier alpha value is -3.34. The van der Waals surface area contributed by atoms with Gasteiger partial charge in [0.25, 0.3) is 5.69 Å². The fraction of sp³-hybridized carbons (Fsp3) is 0.316. The van der Waals surface area contributed by atoms with Crippen molar-refractivity contribution in [2.45, 2.75) is 25.2 Å². The lowest BCUT2D eigenvalue weighted by atomic mass is 9.57. The number of nitro groups is 1. The number of nitriles is 3. The van der Waals surface area contributed by atoms with Crippen LogP contribution < -0.4 is 5.73 Å². The van der Waals surface area contributed by atoms with Gasteiger partial charge in [-0.05, 0) is 42.4 Å². The van der Waals surface area contributed by atoms with Crippen molar-refractivity contribution in [1.29, 1.82) is 15.8 Å². The third-order valence-corrected chi connectivity index (χ3v) is 5.64. The summed E-state index contributed by atoms with van der Waals surface area (Å²) < 4.78 is 0. The third-order valence-electron chi connectivity index (χ3n) is 5.33. The molecule has 0 bridgehead atoms. The van der Waals surface area contributed by atoms with E-state index in [1.165, 1.54) is 12.1 Å². The van der Waals surface area contributed by atoms with E-state index < -0.39 is 16.3 Å². The van der Waals surface area contributed by atoms with Crippen LogP contribution in [0.25, 0.3) is 0 Å². The number of hydrogen-bond donors (Lipinski definition) is 1. The lowest BCUT2D eigenvalue weighted by Gasteiger charge is -2.43. The first kappa shape index (κ1) is 18.5. The number of nitro benzene ring substituents is 1. The molecule has 0 saturated carbocycles. The van der Waals surface area contributed by atoms with Crippen LogP contribution in [0.3, 0.4) is 0 Å². The van der Waals surface area contributed by atoms with Gasteiger partial charge in [-0.1, -0.05) is 23.7 Å². The Morgan fingerprint density at radius 1 is 1.30 bits per heavy atom. The van der Waals surface area contributed by atoms with Crippen molar-refractivity contribution in [2.75, 3.05) is 0 Å². The summed E-state index contributed by atoms with van der Waals surface area (Å²) in [7, 11) is 0. The quantitative estimate of drug-likeness (QED) is 0.611. The molecule has 3 rings (SSSR count). The van der Waals surface area contributed by atoms with E-state index in [1.54, 1.807) is 6.07 Å². The predicted molar refractivity (Wildman–Crippen MR) is 96.8 cm³/mol. The first-order valence-corrected chi connectivity index (χ1v) is 8.66. The van der Waals surface area contributed by atoms with Crippen LogP contribution in [0.5, 0.6) is 0 Å². The van der Waals surface area contributed by atoms with Gasteiger partial charge in [0.2, 0.25) is 0 Å². The fourth-order valence-electron chi connectivity index (χ4n) is 4.11. The molecular weight excluding hydrogens is 366 g/mol. The van der Waals surface area contributed by atoms with E-state index in [2.05, 4.69) is 0 Å². The topological polar surface area (TPSA) is 141 Å². The van der Waals surface area contributed by atoms with Crippen LogP contribution in [-0.4, -0.2) is 4.92 Å². The van der Waals surface area contributed by atoms with Crippen molar-refractivity contribution in [1.82, 2.24) is 0 Å². The van der Waals surface area contributed by atoms with E-state index in [9.17, 15) is 25.9 Å². The summed E-state index contributed by atoms with van der Waals surface area (Å²) in [6.45, 7) is 0. The zero-order valence-electron chi connectivity index (χ0n) is 14.1. The van der Waals surface area contributed by atoms with Gasteiger partial charge < -0.3 is 5.73 Å². The highest BCUT2D eigenvalue weighted by molar-refractivity contribution is 6.32. The monoisotopic (exact) mass is 379 g/mol. The van der Waals surface area contributed by atoms with Crippen LogP contribution in [0.1, 0.15) is 30.7 Å². The molecule has 0 aliphatic heterocycles. The van der Waals surface area contributed by atoms with Gasteiger partial charge in [0, 0.05) is 12.0 Å². The maximum atomic E-state index is 11.3. The summed E-state index contributed by atoms with van der Waals surface area (Å²) in [4.78, 5) is 10.7. The number of hydrogen-bond acceptors (Lipinski definition) is 6. The lowest BCUT2D eigenvalue weighted by Crippen LogP contribution is -2.42. The van der Waals surface area contributed by atoms with Gasteiger partial charge in [0.05, 0.1) is 28.3 Å². The van der Waals surface area contributed by atoms with E-state index in [0.29, 0.717) is 17.6 Å². The molecule has 0 unspecified atom stereocenters. The van der Waals surface area contributed by atoms with Gasteiger partial charge in [0.1, 0.15) is 11.1 Å². The van der Waals surface area contributed by atoms with Crippen LogP contribution in [0.15, 0.2) is 41.1 Å². The van der Waals surface area contributed by atoms with E-state index in [1.807, 2.05) is 24.3 Å². The first-order valence-electron chi connectivity index (χ1n) is 8.28. The predicted octanol–water partition coefficient (Wildman–Crippen LogP) is 3.84. The maximum Gasteiger partial charge on any atom is 0.288 e. The molecule has 1 aromatic rings. The van der Waals surface area contributed by atoms with Crippen molar-refractivity contribution >= 4 is 17.3 Å². The second-order valence-corrected chi connectivity index (χ2v) is 6.98. The number of halogens is 1. The Morgan fingerprint density at radius 2 is 2.00 bits per heavy atom. The largest absolute Gasteiger partial charge is 0.399 e. The zero-order chi connectivity index (χ0) is 19.8. The minimum atomic E-state index is -1.79. The average molecular weight is 380 g/mol. The second kappa shape index (κ2) is 6.76. The molecule has 0 heterocycles. The molecule has 0 spiro atoms. The molecule has 0 fully saturated rings. The standard InChI is InChI=1S/C19H14ClN5O2/c20-15-6-5-11(7-16(15)25(26)27)17-13-4-2-1-3-12(13)14(8-21)18(24)19(17,9-22)10-23/h3,5-7,13,17H,1-2,4,24H2/t13-,17-/m1/s1. The van der Waals surface area contributed by atoms with Crippen molar-refractivity contribution in [3.8, 4) is 18.2 Å². The zero-order valence-corrected chi connectivity index (χ0v) is 14.9. The fourth-order valence-corrected chi connectivity index (χ4v) is 4.30. The smallest absolute Gasteiger partial charge is 0.288 e. The summed E-state index contributed by atoms with van der Waals surface area (Å²) in [5, 5.41) is 40.7. The van der Waals surface area contributed by atoms with Crippen molar-refractivity contribution in [3.63, 3.8) is 0 Å². The Balaban J connectivity index is 2.34. The first-order chi connectivity index (χ1) is 12.9. The van der Waals surface area contributed by atoms with Gasteiger partial charge >= 0.3 is 0 Å². The molecule has 1 aromatic carbocycles. The number of rotatable bonds is 2. The molecule has 8 heteroatoms. The number of benzene rings is 1. The number of nitrogens with two attached hydrogens (primary N) is 1. The van der Waals surface area contributed by atoms with Gasteiger partial charge in [-0.25, -0.2) is 0 Å². The molecule has 134 valence electrons. The molecule has 7 nitrogen and oxygen atoms in total. The Labute approximate surface area is 160 Å². The van der Waals surface area contributed by atoms with Crippen molar-refractivity contribution in [3.05, 3.63) is 61.8 Å². The van der Waals surface area contributed by atoms with Gasteiger partial charge in [-0.3, -0.25) is 10.1 Å². The Morgan fingerprint density at radius 3 is 2.59 bits per heavy atom. The molecule has 2 atom stereocenters. The second-order valence-electron chi connectivity index (χ2n) is 6.57. The SMILES string of the molecule is N#CC1=C(N)C(C#N)(C#N)[C@H](c2ccc(Cl)c([N+](=O)[O-])c2)[C@@H]2CCCC=C12. The molecule has 0 amide bonds. The van der Waals surface area contributed by atoms with E-state index in [-0.39, 0.29) is 27.9 Å². The highest BCUT2D eigenvalue weighted by Gasteiger charge is 2.54. The van der Waals surface area contributed by atoms with Crippen LogP contribution >= 0.6 is 11.6 Å². The molecule has 0 radical (unpaired) electrons. The maximum absolute atomic E-state index is 11.3. The van der Waals surface area contributed by atoms with Crippen molar-refractivity contribution < 1.29 is 4.92 Å². The molecule has 2 N–H and O–H groups in total. The van der Waals surface area contributed by atoms with E-state index >= 15 is 0 Å². The Bertz CT molecular complexity index is 1010. The average Bonchev–Trinajstić information content (AvgIpc) is 2.67. The van der Waals surface area contributed by atoms with Crippen molar-refractivity contribution in [2.24, 2.45) is 17.1 Å². The normalized spacial score (nSPS) is 23.3. The summed E-state index contributed by atoms with van der Waals surface area (Å²) >= 11 is 5.92. The number of fused-ring (bicyclic) bond motifs is 1. The minimum Gasteiger partial charge on any atom is -0.399 e. The molecular formula is C19H14ClN5O2. The molecule has 0 aromatic heterocycles. The van der Waals surface area contributed by atoms with Crippen LogP contribution in [0.4, 0.5) is 5.69 Å². The number of allylic oxidation sites excluding steroid dienone is 4. The Kier molecular flexibility index (Phi) is 4.62. The highest BCUT2D eigenvalue weighted by atomic mass is 35.5. The lowest BCUT2D eigenvalue weighted by molar-refractivity contribution is -0.384. The third kappa shape index (κ3) is 2.63.